The predicted octanol–water partition coefficient (Wildman–Crippen LogP) is 3.27. The van der Waals surface area contributed by atoms with E-state index in [0.717, 1.165) is 42.7 Å². The van der Waals surface area contributed by atoms with E-state index < -0.39 is 5.97 Å². The second-order valence-electron chi connectivity index (χ2n) is 6.57. The highest BCUT2D eigenvalue weighted by Gasteiger charge is 2.25. The van der Waals surface area contributed by atoms with Crippen molar-refractivity contribution in [3.8, 4) is 0 Å². The molecule has 1 aliphatic heterocycles. The van der Waals surface area contributed by atoms with Crippen molar-refractivity contribution in [1.29, 1.82) is 0 Å². The molecule has 5 heteroatoms. The topological polar surface area (TPSA) is 43.8 Å². The molecular formula is C18H26N2O2S. The molecule has 23 heavy (non-hydrogen) atoms. The first kappa shape index (κ1) is 16.8. The van der Waals surface area contributed by atoms with Crippen LogP contribution < -0.4 is 0 Å². The molecule has 0 unspecified atom stereocenters. The summed E-state index contributed by atoms with van der Waals surface area (Å²) < 4.78 is 2.42. The van der Waals surface area contributed by atoms with E-state index in [2.05, 4.69) is 15.3 Å². The zero-order chi connectivity index (χ0) is 16.1. The summed E-state index contributed by atoms with van der Waals surface area (Å²) in [6.07, 6.45) is 7.07. The molecule has 126 valence electrons. The number of hydrogen-bond donors (Lipinski definition) is 1. The molecule has 1 saturated carbocycles. The average Bonchev–Trinajstić information content (AvgIpc) is 2.56. The van der Waals surface area contributed by atoms with Gasteiger partial charge in [-0.05, 0) is 42.5 Å². The molecule has 1 saturated heterocycles. The predicted molar refractivity (Wildman–Crippen MR) is 93.7 cm³/mol. The van der Waals surface area contributed by atoms with Crippen molar-refractivity contribution in [2.24, 2.45) is 0 Å². The summed E-state index contributed by atoms with van der Waals surface area (Å²) in [6, 6.07) is 8.74. The number of benzene rings is 1. The Morgan fingerprint density at radius 1 is 1.13 bits per heavy atom. The smallest absolute Gasteiger partial charge is 0.307 e. The fraction of sp³-hybridized carbons (Fsp3) is 0.611. The molecule has 0 bridgehead atoms. The maximum absolute atomic E-state index is 10.8. The summed E-state index contributed by atoms with van der Waals surface area (Å²) in [6.45, 7) is 4.49. The number of carboxylic acids is 1. The molecule has 2 fully saturated rings. The number of nitrogens with zero attached hydrogens (tertiary/aromatic N) is 2. The van der Waals surface area contributed by atoms with Gasteiger partial charge in [0, 0.05) is 37.1 Å². The fourth-order valence-electron chi connectivity index (χ4n) is 3.64. The Morgan fingerprint density at radius 3 is 2.57 bits per heavy atom. The molecule has 4 nitrogen and oxygen atoms in total. The van der Waals surface area contributed by atoms with E-state index in [1.165, 1.54) is 32.1 Å². The van der Waals surface area contributed by atoms with Crippen LogP contribution in [0.3, 0.4) is 0 Å². The summed E-state index contributed by atoms with van der Waals surface area (Å²) in [5.74, 6) is -0.770. The third kappa shape index (κ3) is 4.96. The Kier molecular flexibility index (Phi) is 5.97. The minimum absolute atomic E-state index is 0.101. The highest BCUT2D eigenvalue weighted by molar-refractivity contribution is 7.97. The first-order valence-electron chi connectivity index (χ1n) is 8.68. The molecule has 0 spiro atoms. The summed E-state index contributed by atoms with van der Waals surface area (Å²) >= 11 is 1.77. The van der Waals surface area contributed by atoms with Gasteiger partial charge in [0.05, 0.1) is 6.42 Å². The molecule has 1 heterocycles. The lowest BCUT2D eigenvalue weighted by Gasteiger charge is -2.40. The molecule has 1 aromatic rings. The van der Waals surface area contributed by atoms with Gasteiger partial charge in [-0.2, -0.15) is 0 Å². The van der Waals surface area contributed by atoms with Crippen LogP contribution >= 0.6 is 11.9 Å². The van der Waals surface area contributed by atoms with Gasteiger partial charge in [-0.1, -0.05) is 31.4 Å². The molecule has 2 aliphatic rings. The number of aliphatic carboxylic acids is 1. The molecule has 1 aliphatic carbocycles. The molecule has 3 rings (SSSR count). The Morgan fingerprint density at radius 2 is 1.87 bits per heavy atom. The number of rotatable bonds is 5. The zero-order valence-corrected chi connectivity index (χ0v) is 14.4. The third-order valence-corrected chi connectivity index (χ3v) is 5.94. The Labute approximate surface area is 143 Å². The summed E-state index contributed by atoms with van der Waals surface area (Å²) in [5.41, 5.74) is 0.878. The number of carboxylic acid groups (broad SMARTS) is 1. The largest absolute Gasteiger partial charge is 0.481 e. The zero-order valence-electron chi connectivity index (χ0n) is 13.6. The van der Waals surface area contributed by atoms with E-state index in [4.69, 9.17) is 5.11 Å². The fourth-order valence-corrected chi connectivity index (χ4v) is 4.63. The molecule has 1 aromatic carbocycles. The normalized spacial score (nSPS) is 21.4. The van der Waals surface area contributed by atoms with Gasteiger partial charge < -0.3 is 5.11 Å². The van der Waals surface area contributed by atoms with Crippen molar-refractivity contribution >= 4 is 17.9 Å². The van der Waals surface area contributed by atoms with E-state index in [1.54, 1.807) is 11.9 Å². The van der Waals surface area contributed by atoms with Crippen molar-refractivity contribution in [2.45, 2.75) is 49.5 Å². The first-order chi connectivity index (χ1) is 11.2. The van der Waals surface area contributed by atoms with Crippen molar-refractivity contribution < 1.29 is 9.90 Å². The average molecular weight is 334 g/mol. The Bertz CT molecular complexity index is 524. The van der Waals surface area contributed by atoms with Gasteiger partial charge >= 0.3 is 5.97 Å². The van der Waals surface area contributed by atoms with Crippen molar-refractivity contribution in [1.82, 2.24) is 9.21 Å². The molecule has 0 amide bonds. The summed E-state index contributed by atoms with van der Waals surface area (Å²) in [5, 5.41) is 8.91. The maximum atomic E-state index is 10.8. The van der Waals surface area contributed by atoms with E-state index >= 15 is 0 Å². The van der Waals surface area contributed by atoms with Crippen LogP contribution in [0.5, 0.6) is 0 Å². The Hall–Kier alpha value is -1.04. The van der Waals surface area contributed by atoms with Gasteiger partial charge in [-0.25, -0.2) is 4.31 Å². The van der Waals surface area contributed by atoms with Crippen molar-refractivity contribution in [2.75, 3.05) is 26.2 Å². The molecular weight excluding hydrogens is 308 g/mol. The summed E-state index contributed by atoms with van der Waals surface area (Å²) in [7, 11) is 0. The van der Waals surface area contributed by atoms with Crippen LogP contribution in [-0.4, -0.2) is 52.5 Å². The minimum Gasteiger partial charge on any atom is -0.481 e. The van der Waals surface area contributed by atoms with Crippen LogP contribution in [0.15, 0.2) is 29.2 Å². The van der Waals surface area contributed by atoms with E-state index in [-0.39, 0.29) is 6.42 Å². The second kappa shape index (κ2) is 8.18. The SMILES string of the molecule is O=C(O)Cc1cccc(SN2CCN(C3CCCCC3)CC2)c1. The minimum atomic E-state index is -0.770. The highest BCUT2D eigenvalue weighted by Crippen LogP contribution is 2.28. The standard InChI is InChI=1S/C18H26N2O2S/c21-18(22)14-15-5-4-8-17(13-15)23-20-11-9-19(10-12-20)16-6-2-1-3-7-16/h4-5,8,13,16H,1-3,6-7,9-12,14H2,(H,21,22). The van der Waals surface area contributed by atoms with Crippen LogP contribution in [0.4, 0.5) is 0 Å². The quantitative estimate of drug-likeness (QED) is 0.837. The van der Waals surface area contributed by atoms with Crippen LogP contribution in [-0.2, 0) is 11.2 Å². The van der Waals surface area contributed by atoms with Crippen LogP contribution in [0.25, 0.3) is 0 Å². The third-order valence-electron chi connectivity index (χ3n) is 4.85. The van der Waals surface area contributed by atoms with Gasteiger partial charge in [0.25, 0.3) is 0 Å². The maximum Gasteiger partial charge on any atom is 0.307 e. The Balaban J connectivity index is 1.49. The molecule has 1 N–H and O–H groups in total. The molecule has 0 atom stereocenters. The van der Waals surface area contributed by atoms with Gasteiger partial charge in [0.1, 0.15) is 0 Å². The van der Waals surface area contributed by atoms with Crippen LogP contribution in [0, 0.1) is 0 Å². The van der Waals surface area contributed by atoms with Crippen LogP contribution in [0.1, 0.15) is 37.7 Å². The number of hydrogen-bond acceptors (Lipinski definition) is 4. The van der Waals surface area contributed by atoms with Gasteiger partial charge in [-0.3, -0.25) is 9.69 Å². The van der Waals surface area contributed by atoms with Crippen LogP contribution in [0.2, 0.25) is 0 Å². The van der Waals surface area contributed by atoms with E-state index in [0.29, 0.717) is 0 Å². The second-order valence-corrected chi connectivity index (χ2v) is 7.74. The highest BCUT2D eigenvalue weighted by atomic mass is 32.2. The van der Waals surface area contributed by atoms with E-state index in [1.807, 2.05) is 18.2 Å². The molecule has 0 aromatic heterocycles. The van der Waals surface area contributed by atoms with Gasteiger partial charge in [0.2, 0.25) is 0 Å². The number of carbonyl (C=O) groups is 1. The van der Waals surface area contributed by atoms with Crippen molar-refractivity contribution in [3.63, 3.8) is 0 Å². The number of piperazine rings is 1. The van der Waals surface area contributed by atoms with Gasteiger partial charge in [0.15, 0.2) is 0 Å². The lowest BCUT2D eigenvalue weighted by Crippen LogP contribution is -2.48. The lowest BCUT2D eigenvalue weighted by atomic mass is 9.94. The van der Waals surface area contributed by atoms with Gasteiger partial charge in [-0.15, -0.1) is 0 Å². The first-order valence-corrected chi connectivity index (χ1v) is 9.46. The van der Waals surface area contributed by atoms with E-state index in [9.17, 15) is 4.79 Å². The summed E-state index contributed by atoms with van der Waals surface area (Å²) in [4.78, 5) is 14.7. The lowest BCUT2D eigenvalue weighted by molar-refractivity contribution is -0.136. The van der Waals surface area contributed by atoms with Crippen molar-refractivity contribution in [3.05, 3.63) is 29.8 Å². The molecule has 0 radical (unpaired) electrons. The monoisotopic (exact) mass is 334 g/mol.